The Balaban J connectivity index is 1.60. The number of carbonyl (C=O) groups is 2. The number of hydrogen-bond donors (Lipinski definition) is 1. The van der Waals surface area contributed by atoms with E-state index in [1.54, 1.807) is 16.7 Å². The Morgan fingerprint density at radius 2 is 1.75 bits per heavy atom. The van der Waals surface area contributed by atoms with Gasteiger partial charge in [0.2, 0.25) is 5.91 Å². The molecule has 0 spiro atoms. The molecular weight excluding hydrogens is 368 g/mol. The fourth-order valence-corrected chi connectivity index (χ4v) is 4.39. The first-order chi connectivity index (χ1) is 13.4. The molecule has 1 atom stereocenters. The second-order valence-electron chi connectivity index (χ2n) is 8.14. The Labute approximate surface area is 171 Å². The minimum Gasteiger partial charge on any atom is -0.354 e. The number of amides is 2. The van der Waals surface area contributed by atoms with Gasteiger partial charge in [-0.3, -0.25) is 9.59 Å². The molecule has 0 bridgehead atoms. The molecule has 0 aromatic heterocycles. The predicted molar refractivity (Wildman–Crippen MR) is 116 cm³/mol. The first-order valence-electron chi connectivity index (χ1n) is 9.67. The molecule has 5 heteroatoms. The molecule has 2 aromatic carbocycles. The summed E-state index contributed by atoms with van der Waals surface area (Å²) in [5.74, 6) is 1.05. The van der Waals surface area contributed by atoms with Gasteiger partial charge in [0.25, 0.3) is 5.91 Å². The van der Waals surface area contributed by atoms with Crippen molar-refractivity contribution in [2.45, 2.75) is 38.6 Å². The molecule has 148 valence electrons. The van der Waals surface area contributed by atoms with Crippen LogP contribution in [0.1, 0.15) is 42.3 Å². The molecule has 1 aliphatic rings. The third-order valence-corrected chi connectivity index (χ3v) is 6.01. The molecule has 1 fully saturated rings. The van der Waals surface area contributed by atoms with Crippen LogP contribution in [-0.4, -0.2) is 40.9 Å². The van der Waals surface area contributed by atoms with Gasteiger partial charge in [0.05, 0.1) is 5.88 Å². The van der Waals surface area contributed by atoms with Crippen molar-refractivity contribution >= 4 is 23.6 Å². The molecule has 1 unspecified atom stereocenters. The number of rotatable bonds is 5. The smallest absolute Gasteiger partial charge is 0.255 e. The highest BCUT2D eigenvalue weighted by Gasteiger charge is 2.35. The van der Waals surface area contributed by atoms with E-state index in [4.69, 9.17) is 0 Å². The van der Waals surface area contributed by atoms with E-state index in [-0.39, 0.29) is 17.2 Å². The zero-order chi connectivity index (χ0) is 20.1. The van der Waals surface area contributed by atoms with Crippen molar-refractivity contribution in [3.05, 3.63) is 71.3 Å². The van der Waals surface area contributed by atoms with E-state index >= 15 is 0 Å². The Hall–Kier alpha value is -2.27. The van der Waals surface area contributed by atoms with Gasteiger partial charge in [-0.25, -0.2) is 0 Å². The lowest BCUT2D eigenvalue weighted by Gasteiger charge is -2.24. The van der Waals surface area contributed by atoms with Crippen LogP contribution in [0.25, 0.3) is 0 Å². The zero-order valence-electron chi connectivity index (χ0n) is 16.8. The van der Waals surface area contributed by atoms with Crippen LogP contribution in [-0.2, 0) is 16.6 Å². The van der Waals surface area contributed by atoms with Crippen LogP contribution < -0.4 is 5.32 Å². The molecular formula is C23H28N2O2S. The second kappa shape index (κ2) is 8.82. The van der Waals surface area contributed by atoms with Gasteiger partial charge >= 0.3 is 0 Å². The summed E-state index contributed by atoms with van der Waals surface area (Å²) in [4.78, 5) is 27.3. The van der Waals surface area contributed by atoms with Gasteiger partial charge in [-0.1, -0.05) is 63.2 Å². The molecule has 0 saturated carbocycles. The van der Waals surface area contributed by atoms with E-state index in [9.17, 15) is 9.59 Å². The monoisotopic (exact) mass is 396 g/mol. The lowest BCUT2D eigenvalue weighted by atomic mass is 9.86. The maximum Gasteiger partial charge on any atom is 0.255 e. The number of benzene rings is 2. The third kappa shape index (κ3) is 4.96. The molecule has 0 aliphatic carbocycles. The van der Waals surface area contributed by atoms with Crippen LogP contribution in [0.5, 0.6) is 0 Å². The molecule has 1 heterocycles. The van der Waals surface area contributed by atoms with Crippen LogP contribution in [0.15, 0.2) is 54.6 Å². The van der Waals surface area contributed by atoms with E-state index in [0.29, 0.717) is 23.7 Å². The average Bonchev–Trinajstić information content (AvgIpc) is 3.17. The standard InChI is InChI=1S/C23H28N2O2S/c1-23(2,3)19-11-9-18(10-12-19)22(27)25-16-28-15-20(25)21(26)24-14-13-17-7-5-4-6-8-17/h4-12,20H,13-16H2,1-3H3,(H,24,26). The second-order valence-corrected chi connectivity index (χ2v) is 9.14. The van der Waals surface area contributed by atoms with E-state index in [2.05, 4.69) is 38.2 Å². The molecule has 2 aromatic rings. The Morgan fingerprint density at radius 1 is 1.07 bits per heavy atom. The van der Waals surface area contributed by atoms with Crippen LogP contribution in [0.2, 0.25) is 0 Å². The fraction of sp³-hybridized carbons (Fsp3) is 0.391. The summed E-state index contributed by atoms with van der Waals surface area (Å²) in [6, 6.07) is 17.4. The molecule has 2 amide bonds. The normalized spacial score (nSPS) is 16.8. The maximum atomic E-state index is 13.0. The van der Waals surface area contributed by atoms with Gasteiger partial charge in [-0.05, 0) is 35.1 Å². The molecule has 1 saturated heterocycles. The van der Waals surface area contributed by atoms with Crippen molar-refractivity contribution in [1.82, 2.24) is 10.2 Å². The van der Waals surface area contributed by atoms with Crippen LogP contribution in [0.4, 0.5) is 0 Å². The molecule has 3 rings (SSSR count). The van der Waals surface area contributed by atoms with Crippen LogP contribution >= 0.6 is 11.8 Å². The van der Waals surface area contributed by atoms with Crippen LogP contribution in [0, 0.1) is 0 Å². The van der Waals surface area contributed by atoms with Gasteiger partial charge in [-0.15, -0.1) is 11.8 Å². The first-order valence-corrected chi connectivity index (χ1v) is 10.8. The van der Waals surface area contributed by atoms with E-state index in [1.807, 2.05) is 42.5 Å². The highest BCUT2D eigenvalue weighted by atomic mass is 32.2. The highest BCUT2D eigenvalue weighted by molar-refractivity contribution is 7.99. The minimum atomic E-state index is -0.407. The number of nitrogens with one attached hydrogen (secondary N) is 1. The molecule has 4 nitrogen and oxygen atoms in total. The topological polar surface area (TPSA) is 49.4 Å². The Bertz CT molecular complexity index is 813. The summed E-state index contributed by atoms with van der Waals surface area (Å²) < 4.78 is 0. The van der Waals surface area contributed by atoms with Crippen molar-refractivity contribution in [3.8, 4) is 0 Å². The number of hydrogen-bond acceptors (Lipinski definition) is 3. The van der Waals surface area contributed by atoms with E-state index in [0.717, 1.165) is 6.42 Å². The van der Waals surface area contributed by atoms with Crippen molar-refractivity contribution in [2.24, 2.45) is 0 Å². The quantitative estimate of drug-likeness (QED) is 0.835. The van der Waals surface area contributed by atoms with E-state index < -0.39 is 6.04 Å². The van der Waals surface area contributed by atoms with Crippen molar-refractivity contribution in [3.63, 3.8) is 0 Å². The van der Waals surface area contributed by atoms with Crippen molar-refractivity contribution in [1.29, 1.82) is 0 Å². The zero-order valence-corrected chi connectivity index (χ0v) is 17.6. The molecule has 1 aliphatic heterocycles. The number of carbonyl (C=O) groups excluding carboxylic acids is 2. The Kier molecular flexibility index (Phi) is 6.45. The molecule has 0 radical (unpaired) electrons. The van der Waals surface area contributed by atoms with Crippen LogP contribution in [0.3, 0.4) is 0 Å². The van der Waals surface area contributed by atoms with E-state index in [1.165, 1.54) is 11.1 Å². The summed E-state index contributed by atoms with van der Waals surface area (Å²) in [7, 11) is 0. The fourth-order valence-electron chi connectivity index (χ4n) is 3.23. The Morgan fingerprint density at radius 3 is 2.39 bits per heavy atom. The van der Waals surface area contributed by atoms with Gasteiger partial charge in [0, 0.05) is 17.9 Å². The highest BCUT2D eigenvalue weighted by Crippen LogP contribution is 2.26. The summed E-state index contributed by atoms with van der Waals surface area (Å²) in [6.45, 7) is 7.02. The van der Waals surface area contributed by atoms with Gasteiger partial charge in [-0.2, -0.15) is 0 Å². The maximum absolute atomic E-state index is 13.0. The minimum absolute atomic E-state index is 0.0479. The number of nitrogens with zero attached hydrogens (tertiary/aromatic N) is 1. The summed E-state index contributed by atoms with van der Waals surface area (Å²) in [5, 5.41) is 2.99. The lowest BCUT2D eigenvalue weighted by molar-refractivity contribution is -0.124. The van der Waals surface area contributed by atoms with Gasteiger partial charge in [0.15, 0.2) is 0 Å². The van der Waals surface area contributed by atoms with Gasteiger partial charge < -0.3 is 10.2 Å². The molecule has 1 N–H and O–H groups in total. The number of thioether (sulfide) groups is 1. The molecule has 28 heavy (non-hydrogen) atoms. The third-order valence-electron chi connectivity index (χ3n) is 5.00. The average molecular weight is 397 g/mol. The lowest BCUT2D eigenvalue weighted by Crippen LogP contribution is -2.47. The van der Waals surface area contributed by atoms with Crippen molar-refractivity contribution < 1.29 is 9.59 Å². The first kappa shape index (κ1) is 20.5. The SMILES string of the molecule is CC(C)(C)c1ccc(C(=O)N2CSCC2C(=O)NCCc2ccccc2)cc1. The predicted octanol–water partition coefficient (Wildman–Crippen LogP) is 3.86. The summed E-state index contributed by atoms with van der Waals surface area (Å²) >= 11 is 1.62. The largest absolute Gasteiger partial charge is 0.354 e. The summed E-state index contributed by atoms with van der Waals surface area (Å²) in [6.07, 6.45) is 0.786. The van der Waals surface area contributed by atoms with Gasteiger partial charge in [0.1, 0.15) is 6.04 Å². The summed E-state index contributed by atoms with van der Waals surface area (Å²) in [5.41, 5.74) is 3.06. The van der Waals surface area contributed by atoms with Crippen molar-refractivity contribution in [2.75, 3.05) is 18.2 Å².